The Kier molecular flexibility index (Phi) is 14.4. The van der Waals surface area contributed by atoms with E-state index in [2.05, 4.69) is 5.32 Å². The zero-order valence-electron chi connectivity index (χ0n) is 7.94. The molecule has 3 heteroatoms. The van der Waals surface area contributed by atoms with Gasteiger partial charge in [0.2, 0.25) is 5.91 Å². The zero-order chi connectivity index (χ0) is 9.11. The average Bonchev–Trinajstić information content (AvgIpc) is 2.08. The van der Waals surface area contributed by atoms with Crippen LogP contribution in [0.25, 0.3) is 0 Å². The summed E-state index contributed by atoms with van der Waals surface area (Å²) in [5.74, 6) is 0.0760. The van der Waals surface area contributed by atoms with Gasteiger partial charge in [-0.1, -0.05) is 20.8 Å². The van der Waals surface area contributed by atoms with Gasteiger partial charge < -0.3 is 10.1 Å². The molecule has 0 aromatic carbocycles. The molecule has 0 radical (unpaired) electrons. The molecule has 0 heterocycles. The van der Waals surface area contributed by atoms with E-state index in [9.17, 15) is 4.79 Å². The van der Waals surface area contributed by atoms with Crippen LogP contribution in [0.4, 0.5) is 0 Å². The predicted molar refractivity (Wildman–Crippen MR) is 46.5 cm³/mol. The zero-order valence-corrected chi connectivity index (χ0v) is 7.94. The molecule has 3 nitrogen and oxygen atoms in total. The van der Waals surface area contributed by atoms with Gasteiger partial charge in [0.25, 0.3) is 0 Å². The van der Waals surface area contributed by atoms with E-state index < -0.39 is 0 Å². The van der Waals surface area contributed by atoms with Gasteiger partial charge >= 0.3 is 0 Å². The van der Waals surface area contributed by atoms with Gasteiger partial charge in [-0.05, 0) is 0 Å². The highest BCUT2D eigenvalue weighted by atomic mass is 16.5. The normalized spacial score (nSPS) is 8.00. The van der Waals surface area contributed by atoms with Crippen molar-refractivity contribution < 1.29 is 9.53 Å². The number of methoxy groups -OCH3 is 1. The number of rotatable bonds is 4. The van der Waals surface area contributed by atoms with Crippen molar-refractivity contribution in [3.8, 4) is 0 Å². The minimum atomic E-state index is 0.0760. The fourth-order valence-electron chi connectivity index (χ4n) is 0.418. The maximum atomic E-state index is 10.5. The lowest BCUT2D eigenvalue weighted by Crippen LogP contribution is -2.25. The van der Waals surface area contributed by atoms with Crippen LogP contribution in [0.3, 0.4) is 0 Å². The summed E-state index contributed by atoms with van der Waals surface area (Å²) >= 11 is 0. The Morgan fingerprint density at radius 2 is 2.00 bits per heavy atom. The Morgan fingerprint density at radius 1 is 1.45 bits per heavy atom. The lowest BCUT2D eigenvalue weighted by Gasteiger charge is -1.99. The second-order valence-electron chi connectivity index (χ2n) is 1.70. The molecule has 1 amide bonds. The molecule has 0 saturated carbocycles. The van der Waals surface area contributed by atoms with Crippen LogP contribution >= 0.6 is 0 Å². The van der Waals surface area contributed by atoms with E-state index in [0.29, 0.717) is 19.6 Å². The Balaban J connectivity index is 0. The topological polar surface area (TPSA) is 38.3 Å². The second-order valence-corrected chi connectivity index (χ2v) is 1.70. The number of carbonyl (C=O) groups excluding carboxylic acids is 1. The van der Waals surface area contributed by atoms with Crippen LogP contribution in [-0.2, 0) is 9.53 Å². The largest absolute Gasteiger partial charge is 0.383 e. The van der Waals surface area contributed by atoms with Gasteiger partial charge in [-0.25, -0.2) is 0 Å². The summed E-state index contributed by atoms with van der Waals surface area (Å²) in [6, 6.07) is 0. The molecule has 0 atom stereocenters. The Labute approximate surface area is 69.1 Å². The van der Waals surface area contributed by atoms with E-state index in [1.165, 1.54) is 0 Å². The molecule has 0 unspecified atom stereocenters. The molecule has 0 rings (SSSR count). The maximum Gasteiger partial charge on any atom is 0.219 e. The summed E-state index contributed by atoms with van der Waals surface area (Å²) in [6.45, 7) is 7.02. The molecule has 0 saturated heterocycles. The fourth-order valence-corrected chi connectivity index (χ4v) is 0.418. The molecular weight excluding hydrogens is 142 g/mol. The molecule has 0 aliphatic rings. The molecule has 0 aliphatic carbocycles. The number of ether oxygens (including phenoxy) is 1. The third-order valence-corrected chi connectivity index (χ3v) is 0.949. The van der Waals surface area contributed by atoms with Crippen LogP contribution in [0.2, 0.25) is 0 Å². The van der Waals surface area contributed by atoms with Gasteiger partial charge in [0.15, 0.2) is 0 Å². The predicted octanol–water partition coefficient (Wildman–Crippen LogP) is 1.19. The number of carbonyl (C=O) groups is 1. The van der Waals surface area contributed by atoms with Gasteiger partial charge in [0.05, 0.1) is 6.61 Å². The first-order valence-corrected chi connectivity index (χ1v) is 4.07. The Hall–Kier alpha value is -0.570. The summed E-state index contributed by atoms with van der Waals surface area (Å²) in [5.41, 5.74) is 0. The highest BCUT2D eigenvalue weighted by molar-refractivity contribution is 5.75. The summed E-state index contributed by atoms with van der Waals surface area (Å²) in [5, 5.41) is 2.67. The minimum Gasteiger partial charge on any atom is -0.383 e. The van der Waals surface area contributed by atoms with E-state index in [1.54, 1.807) is 7.11 Å². The second kappa shape index (κ2) is 12.1. The van der Waals surface area contributed by atoms with Gasteiger partial charge in [-0.2, -0.15) is 0 Å². The molecule has 0 fully saturated rings. The Bertz CT molecular complexity index is 84.2. The molecule has 0 aromatic heterocycles. The lowest BCUT2D eigenvalue weighted by atomic mass is 10.4. The quantitative estimate of drug-likeness (QED) is 0.629. The standard InChI is InChI=1S/C6H13NO2.C2H6/c1-3-6(8)7-4-5-9-2;1-2/h3-5H2,1-2H3,(H,7,8);1-2H3. The van der Waals surface area contributed by atoms with E-state index in [1.807, 2.05) is 20.8 Å². The molecular formula is C8H19NO2. The number of hydrogen-bond acceptors (Lipinski definition) is 2. The van der Waals surface area contributed by atoms with E-state index in [4.69, 9.17) is 4.74 Å². The monoisotopic (exact) mass is 161 g/mol. The van der Waals surface area contributed by atoms with Crippen molar-refractivity contribution in [2.45, 2.75) is 27.2 Å². The SMILES string of the molecule is CC.CCC(=O)NCCOC. The van der Waals surface area contributed by atoms with Gasteiger partial charge in [0, 0.05) is 20.1 Å². The first-order valence-electron chi connectivity index (χ1n) is 4.07. The van der Waals surface area contributed by atoms with Crippen molar-refractivity contribution in [1.82, 2.24) is 5.32 Å². The molecule has 11 heavy (non-hydrogen) atoms. The molecule has 0 aromatic rings. The van der Waals surface area contributed by atoms with Gasteiger partial charge in [-0.3, -0.25) is 4.79 Å². The summed E-state index contributed by atoms with van der Waals surface area (Å²) in [6.07, 6.45) is 0.545. The summed E-state index contributed by atoms with van der Waals surface area (Å²) < 4.78 is 4.72. The van der Waals surface area contributed by atoms with E-state index in [-0.39, 0.29) is 5.91 Å². The highest BCUT2D eigenvalue weighted by Crippen LogP contribution is 1.73. The van der Waals surface area contributed by atoms with Crippen LogP contribution in [0, 0.1) is 0 Å². The third-order valence-electron chi connectivity index (χ3n) is 0.949. The first-order chi connectivity index (χ1) is 5.31. The maximum absolute atomic E-state index is 10.5. The van der Waals surface area contributed by atoms with Crippen molar-refractivity contribution in [2.75, 3.05) is 20.3 Å². The van der Waals surface area contributed by atoms with Crippen molar-refractivity contribution in [1.29, 1.82) is 0 Å². The third kappa shape index (κ3) is 12.6. The Morgan fingerprint density at radius 3 is 2.36 bits per heavy atom. The first kappa shape index (κ1) is 13.1. The van der Waals surface area contributed by atoms with Crippen LogP contribution in [0.1, 0.15) is 27.2 Å². The molecule has 0 bridgehead atoms. The molecule has 0 spiro atoms. The minimum absolute atomic E-state index is 0.0760. The van der Waals surface area contributed by atoms with Crippen molar-refractivity contribution in [2.24, 2.45) is 0 Å². The summed E-state index contributed by atoms with van der Waals surface area (Å²) in [4.78, 5) is 10.5. The lowest BCUT2D eigenvalue weighted by molar-refractivity contribution is -0.120. The van der Waals surface area contributed by atoms with Crippen molar-refractivity contribution in [3.63, 3.8) is 0 Å². The fraction of sp³-hybridized carbons (Fsp3) is 0.875. The van der Waals surface area contributed by atoms with Crippen LogP contribution in [-0.4, -0.2) is 26.2 Å². The number of hydrogen-bond donors (Lipinski definition) is 1. The highest BCUT2D eigenvalue weighted by Gasteiger charge is 1.92. The number of nitrogens with one attached hydrogen (secondary N) is 1. The van der Waals surface area contributed by atoms with Crippen molar-refractivity contribution in [3.05, 3.63) is 0 Å². The van der Waals surface area contributed by atoms with Crippen LogP contribution in [0.5, 0.6) is 0 Å². The van der Waals surface area contributed by atoms with Gasteiger partial charge in [0.1, 0.15) is 0 Å². The van der Waals surface area contributed by atoms with Crippen LogP contribution < -0.4 is 5.32 Å². The number of amides is 1. The van der Waals surface area contributed by atoms with Crippen molar-refractivity contribution >= 4 is 5.91 Å². The molecule has 68 valence electrons. The molecule has 1 N–H and O–H groups in total. The average molecular weight is 161 g/mol. The molecule has 0 aliphatic heterocycles. The van der Waals surface area contributed by atoms with E-state index in [0.717, 1.165) is 0 Å². The van der Waals surface area contributed by atoms with Gasteiger partial charge in [-0.15, -0.1) is 0 Å². The van der Waals surface area contributed by atoms with E-state index >= 15 is 0 Å². The van der Waals surface area contributed by atoms with Crippen LogP contribution in [0.15, 0.2) is 0 Å². The smallest absolute Gasteiger partial charge is 0.219 e. The summed E-state index contributed by atoms with van der Waals surface area (Å²) in [7, 11) is 1.61.